The molecule has 0 aliphatic heterocycles. The van der Waals surface area contributed by atoms with Gasteiger partial charge in [0.15, 0.2) is 0 Å². The number of fused-ring (bicyclic) bond motifs is 1. The number of aromatic nitrogens is 1. The van der Waals surface area contributed by atoms with Crippen molar-refractivity contribution in [2.24, 2.45) is 0 Å². The fraction of sp³-hybridized carbons (Fsp3) is 0.474. The molecule has 30 heavy (non-hydrogen) atoms. The fourth-order valence-corrected chi connectivity index (χ4v) is 2.77. The summed E-state index contributed by atoms with van der Waals surface area (Å²) in [6, 6.07) is 7.52. The molecule has 1 unspecified atom stereocenters. The van der Waals surface area contributed by atoms with Gasteiger partial charge in [0.05, 0.1) is 23.1 Å². The molecule has 4 N–H and O–H groups in total. The van der Waals surface area contributed by atoms with Crippen LogP contribution in [0.15, 0.2) is 24.4 Å². The molecule has 1 atom stereocenters. The Morgan fingerprint density at radius 1 is 1.37 bits per heavy atom. The normalized spacial score (nSPS) is 11.6. The Labute approximate surface area is 173 Å². The van der Waals surface area contributed by atoms with Crippen molar-refractivity contribution in [3.63, 3.8) is 0 Å². The minimum atomic E-state index is -0.882. The SMILES string of the molecule is N#Cc1c[nH]c2cccc(OCC(O)CNCCCNC(=O)CCCO[N+](=O)[O-])c12. The Hall–Kier alpha value is -3.36. The monoisotopic (exact) mass is 419 g/mol. The number of carbonyl (C=O) groups excluding carboxylic acids is 1. The van der Waals surface area contributed by atoms with Gasteiger partial charge in [0.1, 0.15) is 24.5 Å². The molecule has 0 saturated heterocycles. The summed E-state index contributed by atoms with van der Waals surface area (Å²) in [5, 5.41) is 34.8. The van der Waals surface area contributed by atoms with Crippen LogP contribution in [0.3, 0.4) is 0 Å². The maximum Gasteiger partial charge on any atom is 0.294 e. The molecule has 0 saturated carbocycles. The molecule has 0 fully saturated rings. The number of H-pyrrole nitrogens is 1. The molecule has 0 aliphatic carbocycles. The Morgan fingerprint density at radius 2 is 2.20 bits per heavy atom. The Bertz CT molecular complexity index is 878. The van der Waals surface area contributed by atoms with Crippen LogP contribution < -0.4 is 15.4 Å². The fourth-order valence-electron chi connectivity index (χ4n) is 2.77. The van der Waals surface area contributed by atoms with Crippen LogP contribution in [0.4, 0.5) is 0 Å². The van der Waals surface area contributed by atoms with Crippen molar-refractivity contribution in [2.45, 2.75) is 25.4 Å². The van der Waals surface area contributed by atoms with E-state index in [1.165, 1.54) is 0 Å². The standard InChI is InChI=1S/C19H25N5O6/c20-10-14-11-23-16-4-1-5-17(19(14)16)29-13-15(25)12-21-7-3-8-22-18(26)6-2-9-30-24(27)28/h1,4-5,11,15,21,23,25H,2-3,6-9,12-13H2,(H,22,26). The van der Waals surface area contributed by atoms with Gasteiger partial charge in [-0.3, -0.25) is 4.79 Å². The topological polar surface area (TPSA) is 163 Å². The van der Waals surface area contributed by atoms with Gasteiger partial charge >= 0.3 is 0 Å². The summed E-state index contributed by atoms with van der Waals surface area (Å²) < 4.78 is 5.68. The van der Waals surface area contributed by atoms with Crippen LogP contribution in [0.25, 0.3) is 10.9 Å². The molecule has 2 rings (SSSR count). The lowest BCUT2D eigenvalue weighted by Crippen LogP contribution is -2.33. The van der Waals surface area contributed by atoms with Gasteiger partial charge in [-0.25, -0.2) is 0 Å². The largest absolute Gasteiger partial charge is 0.490 e. The van der Waals surface area contributed by atoms with E-state index >= 15 is 0 Å². The zero-order valence-electron chi connectivity index (χ0n) is 16.4. The third-order valence-electron chi connectivity index (χ3n) is 4.20. The van der Waals surface area contributed by atoms with Crippen LogP contribution >= 0.6 is 0 Å². The van der Waals surface area contributed by atoms with Crippen LogP contribution in [0, 0.1) is 21.4 Å². The van der Waals surface area contributed by atoms with Gasteiger partial charge in [-0.2, -0.15) is 5.26 Å². The molecule has 11 nitrogen and oxygen atoms in total. The predicted molar refractivity (Wildman–Crippen MR) is 107 cm³/mol. The molecule has 0 aliphatic rings. The quantitative estimate of drug-likeness (QED) is 0.199. The van der Waals surface area contributed by atoms with E-state index in [2.05, 4.69) is 26.5 Å². The first-order valence-corrected chi connectivity index (χ1v) is 9.57. The van der Waals surface area contributed by atoms with E-state index in [1.807, 2.05) is 12.1 Å². The number of ether oxygens (including phenoxy) is 1. The first-order valence-electron chi connectivity index (χ1n) is 9.57. The number of rotatable bonds is 14. The molecule has 11 heteroatoms. The van der Waals surface area contributed by atoms with Gasteiger partial charge in [0, 0.05) is 25.7 Å². The third kappa shape index (κ3) is 7.57. The maximum absolute atomic E-state index is 11.5. The molecule has 162 valence electrons. The van der Waals surface area contributed by atoms with Crippen molar-refractivity contribution < 1.29 is 24.6 Å². The average Bonchev–Trinajstić information content (AvgIpc) is 3.16. The molecule has 1 heterocycles. The van der Waals surface area contributed by atoms with Crippen LogP contribution in [-0.4, -0.2) is 60.0 Å². The number of benzene rings is 1. The average molecular weight is 419 g/mol. The van der Waals surface area contributed by atoms with Gasteiger partial charge in [-0.05, 0) is 31.5 Å². The first kappa shape index (κ1) is 22.9. The first-order chi connectivity index (χ1) is 14.5. The van der Waals surface area contributed by atoms with Gasteiger partial charge in [-0.1, -0.05) is 6.07 Å². The summed E-state index contributed by atoms with van der Waals surface area (Å²) in [5.41, 5.74) is 1.28. The molecule has 2 aromatic rings. The number of hydrogen-bond acceptors (Lipinski definition) is 8. The number of amides is 1. The Kier molecular flexibility index (Phi) is 9.36. The van der Waals surface area contributed by atoms with Crippen LogP contribution in [0.5, 0.6) is 5.75 Å². The second kappa shape index (κ2) is 12.3. The predicted octanol–water partition coefficient (Wildman–Crippen LogP) is 0.864. The summed E-state index contributed by atoms with van der Waals surface area (Å²) in [6.07, 6.45) is 2.00. The van der Waals surface area contributed by atoms with Crippen molar-refractivity contribution in [3.05, 3.63) is 40.1 Å². The third-order valence-corrected chi connectivity index (χ3v) is 4.20. The molecule has 1 amide bonds. The number of nitrogens with one attached hydrogen (secondary N) is 3. The van der Waals surface area contributed by atoms with Gasteiger partial charge in [0.2, 0.25) is 5.91 Å². The number of aliphatic hydroxyl groups is 1. The Balaban J connectivity index is 1.56. The molecule has 1 aromatic heterocycles. The van der Waals surface area contributed by atoms with E-state index in [9.17, 15) is 25.3 Å². The minimum Gasteiger partial charge on any atom is -0.490 e. The van der Waals surface area contributed by atoms with E-state index in [0.717, 1.165) is 5.52 Å². The second-order valence-corrected chi connectivity index (χ2v) is 6.53. The lowest BCUT2D eigenvalue weighted by atomic mass is 10.1. The zero-order valence-corrected chi connectivity index (χ0v) is 16.4. The lowest BCUT2D eigenvalue weighted by Gasteiger charge is -2.14. The molecule has 0 bridgehead atoms. The summed E-state index contributed by atoms with van der Waals surface area (Å²) >= 11 is 0. The number of carbonyl (C=O) groups is 1. The van der Waals surface area contributed by atoms with Gasteiger partial charge in [0.25, 0.3) is 5.09 Å². The number of hydrogen-bond donors (Lipinski definition) is 4. The second-order valence-electron chi connectivity index (χ2n) is 6.53. The lowest BCUT2D eigenvalue weighted by molar-refractivity contribution is -0.757. The number of nitrogens with zero attached hydrogens (tertiary/aromatic N) is 2. The van der Waals surface area contributed by atoms with E-state index < -0.39 is 11.2 Å². The Morgan fingerprint density at radius 3 is 2.97 bits per heavy atom. The molecular weight excluding hydrogens is 394 g/mol. The molecule has 1 aromatic carbocycles. The highest BCUT2D eigenvalue weighted by Crippen LogP contribution is 2.28. The van der Waals surface area contributed by atoms with Crippen molar-refractivity contribution in [2.75, 3.05) is 32.8 Å². The molecular formula is C19H25N5O6. The van der Waals surface area contributed by atoms with Crippen molar-refractivity contribution in [1.29, 1.82) is 5.26 Å². The summed E-state index contributed by atoms with van der Waals surface area (Å²) in [6.45, 7) is 1.35. The van der Waals surface area contributed by atoms with E-state index in [-0.39, 0.29) is 32.0 Å². The van der Waals surface area contributed by atoms with Gasteiger partial charge < -0.3 is 30.3 Å². The smallest absolute Gasteiger partial charge is 0.294 e. The van der Waals surface area contributed by atoms with Crippen molar-refractivity contribution in [1.82, 2.24) is 15.6 Å². The number of aromatic amines is 1. The number of aliphatic hydroxyl groups excluding tert-OH is 1. The van der Waals surface area contributed by atoms with E-state index in [0.29, 0.717) is 42.8 Å². The van der Waals surface area contributed by atoms with Crippen molar-refractivity contribution in [3.8, 4) is 11.8 Å². The molecule has 0 radical (unpaired) electrons. The highest BCUT2D eigenvalue weighted by Gasteiger charge is 2.11. The van der Waals surface area contributed by atoms with Gasteiger partial charge in [-0.15, -0.1) is 10.1 Å². The number of nitriles is 1. The summed E-state index contributed by atoms with van der Waals surface area (Å²) in [5.74, 6) is 0.349. The highest BCUT2D eigenvalue weighted by atomic mass is 16.9. The van der Waals surface area contributed by atoms with Crippen LogP contribution in [0.2, 0.25) is 0 Å². The van der Waals surface area contributed by atoms with E-state index in [4.69, 9.17) is 4.74 Å². The zero-order chi connectivity index (χ0) is 21.8. The van der Waals surface area contributed by atoms with Crippen LogP contribution in [-0.2, 0) is 9.63 Å². The minimum absolute atomic E-state index is 0.0745. The maximum atomic E-state index is 11.5. The van der Waals surface area contributed by atoms with Crippen LogP contribution in [0.1, 0.15) is 24.8 Å². The molecule has 0 spiro atoms. The van der Waals surface area contributed by atoms with Crippen molar-refractivity contribution >= 4 is 16.8 Å². The highest BCUT2D eigenvalue weighted by molar-refractivity contribution is 5.91. The summed E-state index contributed by atoms with van der Waals surface area (Å²) in [4.78, 5) is 28.7. The summed E-state index contributed by atoms with van der Waals surface area (Å²) in [7, 11) is 0. The van der Waals surface area contributed by atoms with E-state index in [1.54, 1.807) is 12.3 Å².